The molecule has 0 saturated carbocycles. The molecule has 0 bridgehead atoms. The number of hydrogen-bond donors (Lipinski definition) is 2. The molecule has 2 aromatic carbocycles. The lowest BCUT2D eigenvalue weighted by molar-refractivity contribution is -0.139. The van der Waals surface area contributed by atoms with Crippen molar-refractivity contribution in [2.75, 3.05) is 27.9 Å². The molecule has 0 radical (unpaired) electrons. The highest BCUT2D eigenvalue weighted by Crippen LogP contribution is 2.42. The topological polar surface area (TPSA) is 106 Å². The second-order valence-electron chi connectivity index (χ2n) is 7.70. The number of methoxy groups -OCH3 is 3. The van der Waals surface area contributed by atoms with E-state index < -0.39 is 17.7 Å². The molecule has 1 aliphatic heterocycles. The van der Waals surface area contributed by atoms with E-state index in [1.165, 1.54) is 32.3 Å². The highest BCUT2D eigenvalue weighted by molar-refractivity contribution is 6.46. The predicted molar refractivity (Wildman–Crippen MR) is 123 cm³/mol. The molecule has 8 nitrogen and oxygen atoms in total. The molecule has 3 rings (SSSR count). The number of aliphatic hydroxyl groups excluding tert-OH is 1. The van der Waals surface area contributed by atoms with Crippen LogP contribution in [0.25, 0.3) is 5.76 Å². The summed E-state index contributed by atoms with van der Waals surface area (Å²) in [6.45, 7) is 2.39. The lowest BCUT2D eigenvalue weighted by atomic mass is 9.94. The number of hydrogen-bond acceptors (Lipinski definition) is 7. The lowest BCUT2D eigenvalue weighted by Gasteiger charge is -2.25. The van der Waals surface area contributed by atoms with Crippen LogP contribution in [-0.4, -0.2) is 54.7 Å². The van der Waals surface area contributed by atoms with Gasteiger partial charge in [0.25, 0.3) is 11.7 Å². The minimum absolute atomic E-state index is 0.0479. The third-order valence-corrected chi connectivity index (χ3v) is 5.72. The number of carbonyl (C=O) groups is 2. The number of benzene rings is 2. The fourth-order valence-electron chi connectivity index (χ4n) is 4.01. The first-order valence-corrected chi connectivity index (χ1v) is 10.8. The van der Waals surface area contributed by atoms with E-state index in [9.17, 15) is 19.8 Å². The number of phenolic OH excluding ortho intramolecular Hbond substituents is 1. The number of carbonyl (C=O) groups excluding carboxylic acids is 2. The first-order chi connectivity index (χ1) is 15.9. The maximum Gasteiger partial charge on any atom is 0.295 e. The summed E-state index contributed by atoms with van der Waals surface area (Å²) in [5.74, 6) is -0.815. The third-order valence-electron chi connectivity index (χ3n) is 5.72. The van der Waals surface area contributed by atoms with Crippen molar-refractivity contribution >= 4 is 17.4 Å². The first kappa shape index (κ1) is 24.0. The van der Waals surface area contributed by atoms with Gasteiger partial charge in [0.15, 0.2) is 23.0 Å². The maximum absolute atomic E-state index is 13.1. The fourth-order valence-corrected chi connectivity index (χ4v) is 4.01. The Morgan fingerprint density at radius 1 is 0.939 bits per heavy atom. The largest absolute Gasteiger partial charge is 0.507 e. The van der Waals surface area contributed by atoms with Gasteiger partial charge in [0.05, 0.1) is 32.9 Å². The molecular weight excluding hydrogens is 426 g/mol. The summed E-state index contributed by atoms with van der Waals surface area (Å²) in [6, 6.07) is 8.57. The zero-order chi connectivity index (χ0) is 24.1. The molecule has 8 heteroatoms. The van der Waals surface area contributed by atoms with Gasteiger partial charge in [-0.3, -0.25) is 9.59 Å². The van der Waals surface area contributed by atoms with Crippen LogP contribution in [0.2, 0.25) is 0 Å². The number of unbranched alkanes of at least 4 members (excludes halogenated alkanes) is 2. The minimum Gasteiger partial charge on any atom is -0.507 e. The Bertz CT molecular complexity index is 1080. The third kappa shape index (κ3) is 4.60. The van der Waals surface area contributed by atoms with Crippen molar-refractivity contribution in [1.82, 2.24) is 4.90 Å². The molecule has 1 saturated heterocycles. The van der Waals surface area contributed by atoms with Crippen LogP contribution in [0.15, 0.2) is 42.0 Å². The number of phenols is 1. The molecule has 1 fully saturated rings. The number of aromatic hydroxyl groups is 1. The quantitative estimate of drug-likeness (QED) is 0.255. The summed E-state index contributed by atoms with van der Waals surface area (Å²) in [5.41, 5.74) is 0.751. The van der Waals surface area contributed by atoms with Gasteiger partial charge < -0.3 is 29.3 Å². The number of likely N-dealkylation sites (tertiary alicyclic amines) is 1. The molecule has 176 valence electrons. The normalized spacial score (nSPS) is 17.3. The number of ether oxygens (including phenoxy) is 3. The predicted octanol–water partition coefficient (Wildman–Crippen LogP) is 4.03. The van der Waals surface area contributed by atoms with Crippen LogP contribution >= 0.6 is 0 Å². The highest BCUT2D eigenvalue weighted by Gasteiger charge is 2.46. The molecule has 1 aliphatic rings. The molecule has 2 N–H and O–H groups in total. The maximum atomic E-state index is 13.1. The fraction of sp³-hybridized carbons (Fsp3) is 0.360. The molecular formula is C25H29NO7. The molecule has 0 aliphatic carbocycles. The van der Waals surface area contributed by atoms with E-state index in [-0.39, 0.29) is 22.8 Å². The van der Waals surface area contributed by atoms with E-state index >= 15 is 0 Å². The summed E-state index contributed by atoms with van der Waals surface area (Å²) in [7, 11) is 4.40. The minimum atomic E-state index is -0.855. The Kier molecular flexibility index (Phi) is 7.48. The zero-order valence-electron chi connectivity index (χ0n) is 19.3. The molecule has 1 unspecified atom stereocenters. The average molecular weight is 456 g/mol. The molecule has 1 atom stereocenters. The molecule has 0 aromatic heterocycles. The van der Waals surface area contributed by atoms with Crippen molar-refractivity contribution in [3.63, 3.8) is 0 Å². The number of ketones is 1. The second kappa shape index (κ2) is 10.3. The van der Waals surface area contributed by atoms with Crippen molar-refractivity contribution in [1.29, 1.82) is 0 Å². The van der Waals surface area contributed by atoms with Crippen molar-refractivity contribution in [3.8, 4) is 23.0 Å². The molecule has 2 aromatic rings. The highest BCUT2D eigenvalue weighted by atomic mass is 16.5. The van der Waals surface area contributed by atoms with Crippen LogP contribution in [0.3, 0.4) is 0 Å². The van der Waals surface area contributed by atoms with Gasteiger partial charge in [-0.15, -0.1) is 0 Å². The molecule has 33 heavy (non-hydrogen) atoms. The van der Waals surface area contributed by atoms with Crippen molar-refractivity contribution in [2.24, 2.45) is 0 Å². The van der Waals surface area contributed by atoms with Crippen LogP contribution in [0.1, 0.15) is 43.4 Å². The summed E-state index contributed by atoms with van der Waals surface area (Å²) in [5, 5.41) is 21.5. The SMILES string of the molecule is CCCCCN1C(=O)C(=O)/C(=C(\O)c2ccc(OC)c(OC)c2)C1c1ccc(OC)c(O)c1. The number of nitrogens with zero attached hydrogens (tertiary/aromatic N) is 1. The van der Waals surface area contributed by atoms with Gasteiger partial charge in [-0.2, -0.15) is 0 Å². The smallest absolute Gasteiger partial charge is 0.295 e. The number of aliphatic hydroxyl groups is 1. The number of Topliss-reactive ketones (excluding diaryl/α,β-unsaturated/α-hetero) is 1. The van der Waals surface area contributed by atoms with E-state index in [2.05, 4.69) is 0 Å². The average Bonchev–Trinajstić information content (AvgIpc) is 3.08. The van der Waals surface area contributed by atoms with E-state index in [0.717, 1.165) is 12.8 Å². The van der Waals surface area contributed by atoms with Gasteiger partial charge in [-0.05, 0) is 42.3 Å². The van der Waals surface area contributed by atoms with Gasteiger partial charge in [-0.25, -0.2) is 0 Å². The molecule has 0 spiro atoms. The van der Waals surface area contributed by atoms with Crippen molar-refractivity contribution in [3.05, 3.63) is 53.1 Å². The summed E-state index contributed by atoms with van der Waals surface area (Å²) < 4.78 is 15.7. The summed E-state index contributed by atoms with van der Waals surface area (Å²) in [4.78, 5) is 27.5. The Hall–Kier alpha value is -3.68. The van der Waals surface area contributed by atoms with Crippen LogP contribution in [0, 0.1) is 0 Å². The van der Waals surface area contributed by atoms with E-state index in [0.29, 0.717) is 35.6 Å². The van der Waals surface area contributed by atoms with Gasteiger partial charge >= 0.3 is 0 Å². The Morgan fingerprint density at radius 2 is 1.61 bits per heavy atom. The van der Waals surface area contributed by atoms with E-state index in [1.54, 1.807) is 30.3 Å². The molecule has 1 heterocycles. The van der Waals surface area contributed by atoms with Gasteiger partial charge in [-0.1, -0.05) is 25.8 Å². The van der Waals surface area contributed by atoms with Gasteiger partial charge in [0.1, 0.15) is 5.76 Å². The standard InChI is InChI=1S/C25H29NO7/c1-5-6-7-12-26-22(15-8-10-18(31-2)17(27)13-15)21(24(29)25(26)30)23(28)16-9-11-19(32-3)20(14-16)33-4/h8-11,13-14,22,27-28H,5-7,12H2,1-4H3/b23-21-. The zero-order valence-corrected chi connectivity index (χ0v) is 19.3. The van der Waals surface area contributed by atoms with E-state index in [4.69, 9.17) is 14.2 Å². The first-order valence-electron chi connectivity index (χ1n) is 10.8. The monoisotopic (exact) mass is 455 g/mol. The number of rotatable bonds is 9. The van der Waals surface area contributed by atoms with Gasteiger partial charge in [0.2, 0.25) is 0 Å². The van der Waals surface area contributed by atoms with Crippen LogP contribution in [0.5, 0.6) is 23.0 Å². The van der Waals surface area contributed by atoms with Crippen molar-refractivity contribution < 1.29 is 34.0 Å². The van der Waals surface area contributed by atoms with Crippen LogP contribution in [-0.2, 0) is 9.59 Å². The van der Waals surface area contributed by atoms with Crippen molar-refractivity contribution in [2.45, 2.75) is 32.2 Å². The summed E-state index contributed by atoms with van der Waals surface area (Å²) in [6.07, 6.45) is 2.54. The number of amides is 1. The Labute approximate surface area is 193 Å². The molecule has 1 amide bonds. The van der Waals surface area contributed by atoms with Crippen LogP contribution < -0.4 is 14.2 Å². The Morgan fingerprint density at radius 3 is 2.21 bits per heavy atom. The lowest BCUT2D eigenvalue weighted by Crippen LogP contribution is -2.30. The summed E-state index contributed by atoms with van der Waals surface area (Å²) >= 11 is 0. The van der Waals surface area contributed by atoms with Crippen LogP contribution in [0.4, 0.5) is 0 Å². The Balaban J connectivity index is 2.17. The van der Waals surface area contributed by atoms with Gasteiger partial charge in [0, 0.05) is 12.1 Å². The van der Waals surface area contributed by atoms with E-state index in [1.807, 2.05) is 6.92 Å². The second-order valence-corrected chi connectivity index (χ2v) is 7.70.